The first-order chi connectivity index (χ1) is 13.6. The van der Waals surface area contributed by atoms with E-state index < -0.39 is 6.04 Å². The molecule has 0 saturated heterocycles. The summed E-state index contributed by atoms with van der Waals surface area (Å²) in [5, 5.41) is 15.3. The number of aromatic nitrogens is 2. The Morgan fingerprint density at radius 1 is 1.14 bits per heavy atom. The highest BCUT2D eigenvalue weighted by Crippen LogP contribution is 2.27. The number of nitrogens with zero attached hydrogens (tertiary/aromatic N) is 2. The van der Waals surface area contributed by atoms with Crippen LogP contribution in [0.4, 0.5) is 5.13 Å². The monoisotopic (exact) mass is 400 g/mol. The Morgan fingerprint density at radius 3 is 2.54 bits per heavy atom. The van der Waals surface area contributed by atoms with E-state index in [1.807, 2.05) is 44.2 Å². The highest BCUT2D eigenvalue weighted by Gasteiger charge is 2.30. The quantitative estimate of drug-likeness (QED) is 0.727. The molecule has 1 aliphatic carbocycles. The third-order valence-electron chi connectivity index (χ3n) is 5.45. The van der Waals surface area contributed by atoms with E-state index in [4.69, 9.17) is 0 Å². The molecule has 1 aliphatic rings. The van der Waals surface area contributed by atoms with Gasteiger partial charge in [-0.05, 0) is 18.8 Å². The van der Waals surface area contributed by atoms with Crippen LogP contribution in [0.5, 0.6) is 0 Å². The van der Waals surface area contributed by atoms with Crippen molar-refractivity contribution in [2.45, 2.75) is 58.4 Å². The summed E-state index contributed by atoms with van der Waals surface area (Å²) in [6.45, 7) is 4.01. The molecular weight excluding hydrogens is 372 g/mol. The summed E-state index contributed by atoms with van der Waals surface area (Å²) < 4.78 is 0. The number of hydrogen-bond donors (Lipinski definition) is 2. The second-order valence-electron chi connectivity index (χ2n) is 7.47. The number of carbonyl (C=O) groups is 2. The topological polar surface area (TPSA) is 84.0 Å². The second-order valence-corrected chi connectivity index (χ2v) is 8.45. The molecule has 7 heteroatoms. The zero-order valence-corrected chi connectivity index (χ0v) is 17.3. The number of carbonyl (C=O) groups excluding carboxylic acids is 2. The van der Waals surface area contributed by atoms with Crippen molar-refractivity contribution in [3.05, 3.63) is 30.3 Å². The van der Waals surface area contributed by atoms with Crippen LogP contribution < -0.4 is 10.6 Å². The Hall–Kier alpha value is -2.28. The second kappa shape index (κ2) is 9.78. The van der Waals surface area contributed by atoms with Crippen LogP contribution in [0.25, 0.3) is 10.6 Å². The largest absolute Gasteiger partial charge is 0.344 e. The van der Waals surface area contributed by atoms with E-state index in [-0.39, 0.29) is 23.7 Å². The van der Waals surface area contributed by atoms with E-state index in [1.54, 1.807) is 0 Å². The minimum absolute atomic E-state index is 0.00221. The van der Waals surface area contributed by atoms with Gasteiger partial charge in [0.15, 0.2) is 0 Å². The first-order valence-corrected chi connectivity index (χ1v) is 10.9. The molecule has 0 spiro atoms. The zero-order chi connectivity index (χ0) is 19.9. The molecule has 2 N–H and O–H groups in total. The molecule has 150 valence electrons. The van der Waals surface area contributed by atoms with Gasteiger partial charge >= 0.3 is 0 Å². The summed E-state index contributed by atoms with van der Waals surface area (Å²) in [6, 6.07) is 9.17. The maximum atomic E-state index is 12.9. The SMILES string of the molecule is CCC(C)C(NC(=O)C1CCCCC1)C(=O)Nc1nnc(-c2ccccc2)s1. The van der Waals surface area contributed by atoms with E-state index in [1.165, 1.54) is 17.8 Å². The lowest BCUT2D eigenvalue weighted by molar-refractivity contribution is -0.130. The van der Waals surface area contributed by atoms with Crippen LogP contribution in [-0.4, -0.2) is 28.1 Å². The third kappa shape index (κ3) is 5.16. The van der Waals surface area contributed by atoms with Gasteiger partial charge in [-0.15, -0.1) is 10.2 Å². The van der Waals surface area contributed by atoms with Gasteiger partial charge in [-0.3, -0.25) is 14.9 Å². The predicted molar refractivity (Wildman–Crippen MR) is 112 cm³/mol. The molecule has 2 atom stereocenters. The van der Waals surface area contributed by atoms with Crippen LogP contribution in [0.1, 0.15) is 52.4 Å². The first-order valence-electron chi connectivity index (χ1n) is 10.1. The Morgan fingerprint density at radius 2 is 1.86 bits per heavy atom. The van der Waals surface area contributed by atoms with Crippen molar-refractivity contribution in [3.63, 3.8) is 0 Å². The van der Waals surface area contributed by atoms with Gasteiger partial charge in [0.2, 0.25) is 16.9 Å². The number of rotatable bonds is 7. The van der Waals surface area contributed by atoms with Crippen LogP contribution >= 0.6 is 11.3 Å². The van der Waals surface area contributed by atoms with Gasteiger partial charge in [0.05, 0.1) is 0 Å². The van der Waals surface area contributed by atoms with Gasteiger partial charge in [-0.1, -0.05) is 81.2 Å². The molecule has 1 fully saturated rings. The Kier molecular flexibility index (Phi) is 7.14. The van der Waals surface area contributed by atoms with Crippen molar-refractivity contribution in [2.24, 2.45) is 11.8 Å². The normalized spacial score (nSPS) is 16.9. The van der Waals surface area contributed by atoms with E-state index in [9.17, 15) is 9.59 Å². The van der Waals surface area contributed by atoms with Crippen LogP contribution in [-0.2, 0) is 9.59 Å². The van der Waals surface area contributed by atoms with Gasteiger partial charge in [0.1, 0.15) is 11.0 Å². The van der Waals surface area contributed by atoms with Crippen molar-refractivity contribution in [1.29, 1.82) is 0 Å². The van der Waals surface area contributed by atoms with E-state index in [0.717, 1.165) is 42.7 Å². The van der Waals surface area contributed by atoms with Crippen molar-refractivity contribution in [1.82, 2.24) is 15.5 Å². The third-order valence-corrected chi connectivity index (χ3v) is 6.33. The molecule has 2 amide bonds. The Labute approximate surface area is 170 Å². The molecule has 28 heavy (non-hydrogen) atoms. The van der Waals surface area contributed by atoms with Crippen LogP contribution in [0.2, 0.25) is 0 Å². The maximum absolute atomic E-state index is 12.9. The van der Waals surface area contributed by atoms with Crippen LogP contribution in [0.15, 0.2) is 30.3 Å². The number of hydrogen-bond acceptors (Lipinski definition) is 5. The fourth-order valence-electron chi connectivity index (χ4n) is 3.49. The lowest BCUT2D eigenvalue weighted by atomic mass is 9.88. The molecule has 0 bridgehead atoms. The molecule has 2 unspecified atom stereocenters. The standard InChI is InChI=1S/C21H28N4O2S/c1-3-14(2)17(22-18(26)15-10-6-4-7-11-15)19(27)23-21-25-24-20(28-21)16-12-8-5-9-13-16/h5,8-9,12-15,17H,3-4,6-7,10-11H2,1-2H3,(H,22,26)(H,23,25,27). The molecule has 0 radical (unpaired) electrons. The maximum Gasteiger partial charge on any atom is 0.249 e. The summed E-state index contributed by atoms with van der Waals surface area (Å²) in [6.07, 6.45) is 6.00. The Bertz CT molecular complexity index is 787. The van der Waals surface area contributed by atoms with Gasteiger partial charge < -0.3 is 5.32 Å². The van der Waals surface area contributed by atoms with Crippen molar-refractivity contribution < 1.29 is 9.59 Å². The van der Waals surface area contributed by atoms with Gasteiger partial charge in [-0.25, -0.2) is 0 Å². The van der Waals surface area contributed by atoms with E-state index >= 15 is 0 Å². The zero-order valence-electron chi connectivity index (χ0n) is 16.5. The fraction of sp³-hybridized carbons (Fsp3) is 0.524. The highest BCUT2D eigenvalue weighted by molar-refractivity contribution is 7.18. The average molecular weight is 401 g/mol. The van der Waals surface area contributed by atoms with Crippen LogP contribution in [0, 0.1) is 11.8 Å². The molecule has 1 aromatic heterocycles. The van der Waals surface area contributed by atoms with Crippen molar-refractivity contribution in [2.75, 3.05) is 5.32 Å². The molecule has 1 saturated carbocycles. The van der Waals surface area contributed by atoms with E-state index in [0.29, 0.717) is 5.13 Å². The van der Waals surface area contributed by atoms with Crippen molar-refractivity contribution in [3.8, 4) is 10.6 Å². The van der Waals surface area contributed by atoms with Crippen molar-refractivity contribution >= 4 is 28.3 Å². The number of benzene rings is 1. The summed E-state index contributed by atoms with van der Waals surface area (Å²) in [5.74, 6) is -0.162. The number of amides is 2. The predicted octanol–water partition coefficient (Wildman–Crippen LogP) is 4.25. The Balaban J connectivity index is 1.66. The molecule has 1 aromatic carbocycles. The average Bonchev–Trinajstić information content (AvgIpc) is 3.21. The molecule has 2 aromatic rings. The molecule has 6 nitrogen and oxygen atoms in total. The summed E-state index contributed by atoms with van der Waals surface area (Å²) in [4.78, 5) is 25.5. The van der Waals surface area contributed by atoms with Crippen LogP contribution in [0.3, 0.4) is 0 Å². The smallest absolute Gasteiger partial charge is 0.249 e. The molecular formula is C21H28N4O2S. The lowest BCUT2D eigenvalue weighted by Gasteiger charge is -2.27. The fourth-order valence-corrected chi connectivity index (χ4v) is 4.24. The first kappa shape index (κ1) is 20.5. The molecule has 0 aliphatic heterocycles. The number of anilines is 1. The van der Waals surface area contributed by atoms with E-state index in [2.05, 4.69) is 20.8 Å². The lowest BCUT2D eigenvalue weighted by Crippen LogP contribution is -2.49. The minimum atomic E-state index is -0.566. The summed E-state index contributed by atoms with van der Waals surface area (Å²) in [7, 11) is 0. The summed E-state index contributed by atoms with van der Waals surface area (Å²) >= 11 is 1.33. The highest BCUT2D eigenvalue weighted by atomic mass is 32.1. The summed E-state index contributed by atoms with van der Waals surface area (Å²) in [5.41, 5.74) is 0.963. The number of nitrogens with one attached hydrogen (secondary N) is 2. The molecule has 3 rings (SSSR count). The minimum Gasteiger partial charge on any atom is -0.344 e. The van der Waals surface area contributed by atoms with Gasteiger partial charge in [-0.2, -0.15) is 0 Å². The van der Waals surface area contributed by atoms with Gasteiger partial charge in [0, 0.05) is 11.5 Å². The molecule has 1 heterocycles. The van der Waals surface area contributed by atoms with Gasteiger partial charge in [0.25, 0.3) is 0 Å².